The minimum atomic E-state index is -0.254. The number of hydrogen-bond donors (Lipinski definition) is 0. The molecule has 1 unspecified atom stereocenters. The summed E-state index contributed by atoms with van der Waals surface area (Å²) < 4.78 is 5.37. The van der Waals surface area contributed by atoms with Gasteiger partial charge in [-0.1, -0.05) is 44.7 Å². The van der Waals surface area contributed by atoms with Crippen LogP contribution in [0.4, 0.5) is 0 Å². The highest BCUT2D eigenvalue weighted by Gasteiger charge is 2.36. The van der Waals surface area contributed by atoms with Gasteiger partial charge in [-0.2, -0.15) is 0 Å². The standard InChI is InChI=1S/C17H24O2/c1-11(2)8-9-15-12(3)13(4)16(19-14(5)18)10-17(15,6)7/h8-9,16H,1,4,10H2,2-3,5-7H3/b9-8+. The predicted octanol–water partition coefficient (Wildman–Crippen LogP) is 4.35. The fourth-order valence-electron chi connectivity index (χ4n) is 2.51. The van der Waals surface area contributed by atoms with Crippen molar-refractivity contribution in [3.8, 4) is 0 Å². The molecule has 0 bridgehead atoms. The van der Waals surface area contributed by atoms with Crippen LogP contribution in [0.3, 0.4) is 0 Å². The van der Waals surface area contributed by atoms with Crippen molar-refractivity contribution in [2.45, 2.75) is 47.1 Å². The van der Waals surface area contributed by atoms with Crippen molar-refractivity contribution in [2.24, 2.45) is 5.41 Å². The highest BCUT2D eigenvalue weighted by Crippen LogP contribution is 2.44. The summed E-state index contributed by atoms with van der Waals surface area (Å²) in [5.41, 5.74) is 4.22. The quantitative estimate of drug-likeness (QED) is 0.557. The topological polar surface area (TPSA) is 26.3 Å². The van der Waals surface area contributed by atoms with E-state index in [4.69, 9.17) is 4.74 Å². The third-order valence-electron chi connectivity index (χ3n) is 3.54. The Morgan fingerprint density at radius 3 is 2.47 bits per heavy atom. The summed E-state index contributed by atoms with van der Waals surface area (Å²) in [4.78, 5) is 11.2. The van der Waals surface area contributed by atoms with Gasteiger partial charge in [0, 0.05) is 6.92 Å². The van der Waals surface area contributed by atoms with Gasteiger partial charge < -0.3 is 4.74 Å². The summed E-state index contributed by atoms with van der Waals surface area (Å²) in [7, 11) is 0. The van der Waals surface area contributed by atoms with E-state index in [9.17, 15) is 4.79 Å². The lowest BCUT2D eigenvalue weighted by Gasteiger charge is -2.38. The molecule has 1 atom stereocenters. The van der Waals surface area contributed by atoms with Crippen molar-refractivity contribution in [3.63, 3.8) is 0 Å². The Morgan fingerprint density at radius 2 is 2.00 bits per heavy atom. The summed E-state index contributed by atoms with van der Waals surface area (Å²) in [5.74, 6) is -0.254. The minimum absolute atomic E-state index is 0.0443. The molecule has 0 radical (unpaired) electrons. The highest BCUT2D eigenvalue weighted by molar-refractivity contribution is 5.67. The lowest BCUT2D eigenvalue weighted by Crippen LogP contribution is -2.33. The van der Waals surface area contributed by atoms with Crippen LogP contribution in [0.5, 0.6) is 0 Å². The summed E-state index contributed by atoms with van der Waals surface area (Å²) >= 11 is 0. The number of hydrogen-bond acceptors (Lipinski definition) is 2. The number of esters is 1. The zero-order valence-electron chi connectivity index (χ0n) is 12.7. The van der Waals surface area contributed by atoms with E-state index in [1.54, 1.807) is 0 Å². The number of allylic oxidation sites excluding steroid dienone is 4. The van der Waals surface area contributed by atoms with Gasteiger partial charge in [-0.15, -0.1) is 0 Å². The van der Waals surface area contributed by atoms with Gasteiger partial charge in [0.25, 0.3) is 0 Å². The van der Waals surface area contributed by atoms with E-state index in [-0.39, 0.29) is 17.5 Å². The molecule has 2 nitrogen and oxygen atoms in total. The minimum Gasteiger partial charge on any atom is -0.458 e. The fourth-order valence-corrected chi connectivity index (χ4v) is 2.51. The second-order valence-electron chi connectivity index (χ2n) is 5.93. The van der Waals surface area contributed by atoms with Crippen LogP contribution in [-0.4, -0.2) is 12.1 Å². The molecule has 1 aliphatic rings. The van der Waals surface area contributed by atoms with Crippen molar-refractivity contribution in [2.75, 3.05) is 0 Å². The Hall–Kier alpha value is -1.57. The summed E-state index contributed by atoms with van der Waals surface area (Å²) in [6.07, 6.45) is 4.67. The average Bonchev–Trinajstić information content (AvgIpc) is 2.23. The molecule has 0 aliphatic heterocycles. The fraction of sp³-hybridized carbons (Fsp3) is 0.471. The molecule has 0 fully saturated rings. The smallest absolute Gasteiger partial charge is 0.303 e. The number of ether oxygens (including phenoxy) is 1. The second-order valence-corrected chi connectivity index (χ2v) is 5.93. The van der Waals surface area contributed by atoms with Gasteiger partial charge in [-0.05, 0) is 42.4 Å². The molecule has 0 aromatic heterocycles. The molecular weight excluding hydrogens is 236 g/mol. The van der Waals surface area contributed by atoms with E-state index in [2.05, 4.69) is 33.1 Å². The maximum atomic E-state index is 11.2. The van der Waals surface area contributed by atoms with Crippen LogP contribution in [0.15, 0.2) is 47.6 Å². The monoisotopic (exact) mass is 260 g/mol. The van der Waals surface area contributed by atoms with Gasteiger partial charge in [0.1, 0.15) is 6.10 Å². The van der Waals surface area contributed by atoms with Gasteiger partial charge in [0.15, 0.2) is 0 Å². The predicted molar refractivity (Wildman–Crippen MR) is 79.7 cm³/mol. The largest absolute Gasteiger partial charge is 0.458 e. The molecule has 0 heterocycles. The van der Waals surface area contributed by atoms with Crippen LogP contribution in [0.2, 0.25) is 0 Å². The molecule has 0 amide bonds. The first-order chi connectivity index (χ1) is 8.65. The molecule has 1 rings (SSSR count). The van der Waals surface area contributed by atoms with Gasteiger partial charge >= 0.3 is 5.97 Å². The maximum Gasteiger partial charge on any atom is 0.303 e. The van der Waals surface area contributed by atoms with E-state index >= 15 is 0 Å². The Balaban J connectivity index is 3.15. The van der Waals surface area contributed by atoms with Crippen LogP contribution in [0, 0.1) is 5.41 Å². The number of carbonyl (C=O) groups is 1. The molecular formula is C17H24O2. The summed E-state index contributed by atoms with van der Waals surface area (Å²) in [6.45, 7) is 17.7. The van der Waals surface area contributed by atoms with E-state index < -0.39 is 0 Å². The molecule has 19 heavy (non-hydrogen) atoms. The molecule has 0 aromatic carbocycles. The van der Waals surface area contributed by atoms with Crippen LogP contribution in [-0.2, 0) is 9.53 Å². The molecule has 0 aromatic rings. The van der Waals surface area contributed by atoms with Crippen LogP contribution < -0.4 is 0 Å². The lowest BCUT2D eigenvalue weighted by molar-refractivity contribution is -0.145. The van der Waals surface area contributed by atoms with Gasteiger partial charge in [0.2, 0.25) is 0 Å². The molecule has 0 spiro atoms. The summed E-state index contributed by atoms with van der Waals surface area (Å²) in [6, 6.07) is 0. The van der Waals surface area contributed by atoms with Crippen molar-refractivity contribution in [1.29, 1.82) is 0 Å². The molecule has 1 aliphatic carbocycles. The highest BCUT2D eigenvalue weighted by atomic mass is 16.5. The normalized spacial score (nSPS) is 22.8. The second kappa shape index (κ2) is 5.60. The van der Waals surface area contributed by atoms with E-state index in [0.29, 0.717) is 0 Å². The third kappa shape index (κ3) is 3.69. The van der Waals surface area contributed by atoms with Crippen molar-refractivity contribution in [3.05, 3.63) is 47.6 Å². The molecule has 104 valence electrons. The maximum absolute atomic E-state index is 11.2. The summed E-state index contributed by atoms with van der Waals surface area (Å²) in [5, 5.41) is 0. The average molecular weight is 260 g/mol. The van der Waals surface area contributed by atoms with Crippen molar-refractivity contribution >= 4 is 5.97 Å². The SMILES string of the molecule is C=C(C)/C=C/C1=C(C)C(=C)C(OC(C)=O)CC1(C)C. The zero-order chi connectivity index (χ0) is 14.8. The zero-order valence-corrected chi connectivity index (χ0v) is 12.7. The number of rotatable bonds is 3. The van der Waals surface area contributed by atoms with Crippen molar-refractivity contribution in [1.82, 2.24) is 0 Å². The Morgan fingerprint density at radius 1 is 1.42 bits per heavy atom. The van der Waals surface area contributed by atoms with Gasteiger partial charge in [0.05, 0.1) is 0 Å². The molecule has 0 saturated heterocycles. The number of carbonyl (C=O) groups excluding carboxylic acids is 1. The molecule has 2 heteroatoms. The Bertz CT molecular complexity index is 475. The van der Waals surface area contributed by atoms with Gasteiger partial charge in [-0.25, -0.2) is 0 Å². The van der Waals surface area contributed by atoms with Crippen LogP contribution in [0.1, 0.15) is 41.0 Å². The first-order valence-corrected chi connectivity index (χ1v) is 6.56. The third-order valence-corrected chi connectivity index (χ3v) is 3.54. The first-order valence-electron chi connectivity index (χ1n) is 6.56. The van der Waals surface area contributed by atoms with E-state index in [1.165, 1.54) is 12.5 Å². The van der Waals surface area contributed by atoms with Gasteiger partial charge in [-0.3, -0.25) is 4.79 Å². The van der Waals surface area contributed by atoms with E-state index in [1.807, 2.05) is 19.9 Å². The van der Waals surface area contributed by atoms with Crippen LogP contribution in [0.25, 0.3) is 0 Å². The van der Waals surface area contributed by atoms with E-state index in [0.717, 1.165) is 23.1 Å². The Kier molecular flexibility index (Phi) is 4.56. The lowest BCUT2D eigenvalue weighted by atomic mass is 9.70. The van der Waals surface area contributed by atoms with Crippen LogP contribution >= 0.6 is 0 Å². The first kappa shape index (κ1) is 15.5. The Labute approximate surface area is 116 Å². The molecule has 0 saturated carbocycles. The van der Waals surface area contributed by atoms with Crippen molar-refractivity contribution < 1.29 is 9.53 Å². The molecule has 0 N–H and O–H groups in total.